The number of carboxylic acids is 1. The second-order valence-corrected chi connectivity index (χ2v) is 5.09. The number of aromatic nitrogens is 2. The Morgan fingerprint density at radius 2 is 2.00 bits per heavy atom. The average molecular weight is 287 g/mol. The quantitative estimate of drug-likeness (QED) is 0.931. The van der Waals surface area contributed by atoms with Crippen molar-refractivity contribution in [2.45, 2.75) is 25.3 Å². The molecule has 0 spiro atoms. The van der Waals surface area contributed by atoms with Crippen molar-refractivity contribution in [3.63, 3.8) is 0 Å². The molecular formula is C15H17N3O3. The van der Waals surface area contributed by atoms with Crippen LogP contribution in [0.25, 0.3) is 11.0 Å². The minimum absolute atomic E-state index is 0.377. The molecule has 6 heteroatoms. The molecular weight excluding hydrogens is 270 g/mol. The summed E-state index contributed by atoms with van der Waals surface area (Å²) >= 11 is 0. The van der Waals surface area contributed by atoms with Crippen LogP contribution in [0, 0.1) is 0 Å². The van der Waals surface area contributed by atoms with E-state index in [4.69, 9.17) is 4.74 Å². The summed E-state index contributed by atoms with van der Waals surface area (Å²) in [5.74, 6) is 0.0665. The maximum atomic E-state index is 11.5. The van der Waals surface area contributed by atoms with Crippen LogP contribution in [0.2, 0.25) is 0 Å². The van der Waals surface area contributed by atoms with Gasteiger partial charge in [0.2, 0.25) is 0 Å². The predicted molar refractivity (Wildman–Crippen MR) is 78.7 cm³/mol. The molecule has 0 saturated carbocycles. The molecule has 0 aliphatic carbocycles. The Balaban J connectivity index is 2.10. The fourth-order valence-corrected chi connectivity index (χ4v) is 2.74. The standard InChI is InChI=1S/C15H17N3O3/c1-21-14-13(16-10-6-2-3-7-11(10)17-14)18-9-5-4-8-12(18)15(19)20/h2-3,6-7,12H,4-5,8-9H2,1H3,(H,19,20)/t12-/m1/s1. The van der Waals surface area contributed by atoms with Crippen molar-refractivity contribution in [1.82, 2.24) is 9.97 Å². The van der Waals surface area contributed by atoms with Crippen molar-refractivity contribution in [3.05, 3.63) is 24.3 Å². The number of methoxy groups -OCH3 is 1. The second kappa shape index (κ2) is 5.55. The zero-order valence-corrected chi connectivity index (χ0v) is 11.8. The van der Waals surface area contributed by atoms with Crippen molar-refractivity contribution >= 4 is 22.8 Å². The number of benzene rings is 1. The molecule has 110 valence electrons. The first-order valence-electron chi connectivity index (χ1n) is 7.01. The molecule has 0 radical (unpaired) electrons. The van der Waals surface area contributed by atoms with E-state index in [0.29, 0.717) is 24.7 Å². The molecule has 0 bridgehead atoms. The molecule has 21 heavy (non-hydrogen) atoms. The van der Waals surface area contributed by atoms with Crippen molar-refractivity contribution in [1.29, 1.82) is 0 Å². The summed E-state index contributed by atoms with van der Waals surface area (Å²) in [5.41, 5.74) is 1.48. The molecule has 1 aromatic heterocycles. The highest BCUT2D eigenvalue weighted by Gasteiger charge is 2.31. The summed E-state index contributed by atoms with van der Waals surface area (Å²) in [6.45, 7) is 0.653. The molecule has 2 aromatic rings. The number of hydrogen-bond donors (Lipinski definition) is 1. The lowest BCUT2D eigenvalue weighted by atomic mass is 10.0. The van der Waals surface area contributed by atoms with Gasteiger partial charge in [0.25, 0.3) is 5.88 Å². The zero-order chi connectivity index (χ0) is 14.8. The van der Waals surface area contributed by atoms with Crippen LogP contribution >= 0.6 is 0 Å². The summed E-state index contributed by atoms with van der Waals surface area (Å²) in [6.07, 6.45) is 2.48. The summed E-state index contributed by atoms with van der Waals surface area (Å²) in [7, 11) is 1.53. The Morgan fingerprint density at radius 1 is 1.29 bits per heavy atom. The maximum Gasteiger partial charge on any atom is 0.326 e. The van der Waals surface area contributed by atoms with E-state index in [9.17, 15) is 9.90 Å². The molecule has 0 unspecified atom stereocenters. The van der Waals surface area contributed by atoms with Gasteiger partial charge in [0.05, 0.1) is 18.1 Å². The number of aliphatic carboxylic acids is 1. The molecule has 1 aliphatic heterocycles. The summed E-state index contributed by atoms with van der Waals surface area (Å²) in [4.78, 5) is 22.3. The van der Waals surface area contributed by atoms with Gasteiger partial charge >= 0.3 is 5.97 Å². The second-order valence-electron chi connectivity index (χ2n) is 5.09. The van der Waals surface area contributed by atoms with Crippen LogP contribution in [0.1, 0.15) is 19.3 Å². The van der Waals surface area contributed by atoms with E-state index < -0.39 is 12.0 Å². The smallest absolute Gasteiger partial charge is 0.326 e. The normalized spacial score (nSPS) is 18.7. The SMILES string of the molecule is COc1nc2ccccc2nc1N1CCCC[C@@H]1C(=O)O. The first kappa shape index (κ1) is 13.6. The average Bonchev–Trinajstić information content (AvgIpc) is 2.53. The fourth-order valence-electron chi connectivity index (χ4n) is 2.74. The van der Waals surface area contributed by atoms with E-state index in [-0.39, 0.29) is 0 Å². The number of rotatable bonds is 3. The van der Waals surface area contributed by atoms with Crippen LogP contribution in [0.5, 0.6) is 5.88 Å². The number of nitrogens with zero attached hydrogens (tertiary/aromatic N) is 3. The molecule has 1 N–H and O–H groups in total. The lowest BCUT2D eigenvalue weighted by molar-refractivity contribution is -0.139. The Bertz CT molecular complexity index is 674. The van der Waals surface area contributed by atoms with E-state index in [1.165, 1.54) is 7.11 Å². The van der Waals surface area contributed by atoms with Gasteiger partial charge in [0, 0.05) is 6.54 Å². The van der Waals surface area contributed by atoms with Crippen LogP contribution < -0.4 is 9.64 Å². The molecule has 1 aromatic carbocycles. The maximum absolute atomic E-state index is 11.5. The molecule has 6 nitrogen and oxygen atoms in total. The number of carbonyl (C=O) groups is 1. The van der Waals surface area contributed by atoms with Gasteiger partial charge < -0.3 is 14.7 Å². The molecule has 1 saturated heterocycles. The highest BCUT2D eigenvalue weighted by atomic mass is 16.5. The van der Waals surface area contributed by atoms with Gasteiger partial charge in [0.1, 0.15) is 6.04 Å². The Morgan fingerprint density at radius 3 is 2.67 bits per heavy atom. The van der Waals surface area contributed by atoms with Crippen LogP contribution in [0.15, 0.2) is 24.3 Å². The van der Waals surface area contributed by atoms with Crippen molar-refractivity contribution in [2.75, 3.05) is 18.6 Å². The number of para-hydroxylation sites is 2. The molecule has 1 fully saturated rings. The van der Waals surface area contributed by atoms with E-state index >= 15 is 0 Å². The Hall–Kier alpha value is -2.37. The minimum Gasteiger partial charge on any atom is -0.480 e. The Kier molecular flexibility index (Phi) is 3.60. The van der Waals surface area contributed by atoms with Crippen LogP contribution in [-0.4, -0.2) is 40.7 Å². The number of hydrogen-bond acceptors (Lipinski definition) is 5. The van der Waals surface area contributed by atoms with Crippen molar-refractivity contribution in [3.8, 4) is 5.88 Å². The lowest BCUT2D eigenvalue weighted by Gasteiger charge is -2.34. The third-order valence-corrected chi connectivity index (χ3v) is 3.77. The van der Waals surface area contributed by atoms with Gasteiger partial charge in [-0.2, -0.15) is 0 Å². The number of carboxylic acid groups (broad SMARTS) is 1. The first-order valence-corrected chi connectivity index (χ1v) is 7.01. The molecule has 3 rings (SSSR count). The highest BCUT2D eigenvalue weighted by molar-refractivity contribution is 5.81. The largest absolute Gasteiger partial charge is 0.480 e. The lowest BCUT2D eigenvalue weighted by Crippen LogP contribution is -2.45. The van der Waals surface area contributed by atoms with Gasteiger partial charge in [-0.1, -0.05) is 12.1 Å². The summed E-state index contributed by atoms with van der Waals surface area (Å²) in [5, 5.41) is 9.42. The van der Waals surface area contributed by atoms with Crippen LogP contribution in [0.4, 0.5) is 5.82 Å². The van der Waals surface area contributed by atoms with Gasteiger partial charge in [-0.05, 0) is 31.4 Å². The highest BCUT2D eigenvalue weighted by Crippen LogP contribution is 2.31. The number of anilines is 1. The third-order valence-electron chi connectivity index (χ3n) is 3.77. The Labute approximate surface area is 122 Å². The van der Waals surface area contributed by atoms with Gasteiger partial charge in [-0.25, -0.2) is 14.8 Å². The summed E-state index contributed by atoms with van der Waals surface area (Å²) < 4.78 is 5.33. The van der Waals surface area contributed by atoms with Gasteiger partial charge in [0.15, 0.2) is 5.82 Å². The first-order chi connectivity index (χ1) is 10.2. The predicted octanol–water partition coefficient (Wildman–Crippen LogP) is 2.08. The zero-order valence-electron chi connectivity index (χ0n) is 11.8. The number of fused-ring (bicyclic) bond motifs is 1. The van der Waals surface area contributed by atoms with Crippen molar-refractivity contribution in [2.24, 2.45) is 0 Å². The van der Waals surface area contributed by atoms with E-state index in [1.807, 2.05) is 24.3 Å². The molecule has 0 amide bonds. The van der Waals surface area contributed by atoms with Crippen molar-refractivity contribution < 1.29 is 14.6 Å². The fraction of sp³-hybridized carbons (Fsp3) is 0.400. The van der Waals surface area contributed by atoms with E-state index in [2.05, 4.69) is 9.97 Å². The van der Waals surface area contributed by atoms with E-state index in [0.717, 1.165) is 23.9 Å². The minimum atomic E-state index is -0.827. The summed E-state index contributed by atoms with van der Waals surface area (Å²) in [6, 6.07) is 6.93. The molecule has 1 atom stereocenters. The van der Waals surface area contributed by atoms with Gasteiger partial charge in [-0.15, -0.1) is 0 Å². The molecule has 1 aliphatic rings. The van der Waals surface area contributed by atoms with Crippen LogP contribution in [-0.2, 0) is 4.79 Å². The monoisotopic (exact) mass is 287 g/mol. The van der Waals surface area contributed by atoms with E-state index in [1.54, 1.807) is 4.90 Å². The number of ether oxygens (including phenoxy) is 1. The number of piperidine rings is 1. The van der Waals surface area contributed by atoms with Gasteiger partial charge in [-0.3, -0.25) is 0 Å². The molecule has 2 heterocycles. The van der Waals surface area contributed by atoms with Crippen LogP contribution in [0.3, 0.4) is 0 Å². The topological polar surface area (TPSA) is 75.6 Å². The third kappa shape index (κ3) is 2.49.